The number of piperidine rings is 1. The van der Waals surface area contributed by atoms with Crippen molar-refractivity contribution in [3.05, 3.63) is 35.4 Å². The number of benzene rings is 1. The monoisotopic (exact) mass is 199 g/mol. The second-order valence-electron chi connectivity index (χ2n) is 4.67. The summed E-state index contributed by atoms with van der Waals surface area (Å²) >= 11 is 0. The molecule has 1 atom stereocenters. The first-order valence-corrected chi connectivity index (χ1v) is 5.94. The lowest BCUT2D eigenvalue weighted by atomic mass is 9.81. The molecule has 78 valence electrons. The van der Waals surface area contributed by atoms with Crippen LogP contribution in [0.1, 0.15) is 30.4 Å². The minimum atomic E-state index is 0.860. The van der Waals surface area contributed by atoms with Gasteiger partial charge in [0.15, 0.2) is 0 Å². The van der Waals surface area contributed by atoms with Crippen molar-refractivity contribution < 1.29 is 0 Å². The van der Waals surface area contributed by atoms with Gasteiger partial charge in [-0.25, -0.2) is 0 Å². The first kappa shape index (κ1) is 9.17. The molecule has 1 fully saturated rings. The van der Waals surface area contributed by atoms with Crippen LogP contribution in [0.5, 0.6) is 0 Å². The molecule has 0 bridgehead atoms. The highest BCUT2D eigenvalue weighted by Crippen LogP contribution is 2.37. The molecule has 1 aromatic rings. The Morgan fingerprint density at radius 3 is 3.00 bits per heavy atom. The van der Waals surface area contributed by atoms with Gasteiger partial charge in [-0.3, -0.25) is 0 Å². The average Bonchev–Trinajstić information content (AvgIpc) is 2.27. The average molecular weight is 199 g/mol. The van der Waals surface area contributed by atoms with E-state index in [9.17, 15) is 0 Å². The minimum Gasteiger partial charge on any atom is -0.316 e. The maximum Gasteiger partial charge on any atom is -0.00173 e. The zero-order valence-corrected chi connectivity index (χ0v) is 9.00. The molecule has 0 aromatic heterocycles. The Kier molecular flexibility index (Phi) is 2.34. The van der Waals surface area contributed by atoms with E-state index in [4.69, 9.17) is 0 Å². The van der Waals surface area contributed by atoms with Crippen LogP contribution in [0.4, 0.5) is 0 Å². The highest BCUT2D eigenvalue weighted by Gasteiger charge is 2.20. The van der Waals surface area contributed by atoms with Crippen LogP contribution in [-0.4, -0.2) is 13.1 Å². The van der Waals surface area contributed by atoms with E-state index in [0.717, 1.165) is 5.92 Å². The molecular formula is C14H17N. The van der Waals surface area contributed by atoms with E-state index >= 15 is 0 Å². The fraction of sp³-hybridized carbons (Fsp3) is 0.429. The van der Waals surface area contributed by atoms with Gasteiger partial charge in [-0.2, -0.15) is 0 Å². The number of allylic oxidation sites excluding steroid dienone is 1. The smallest absolute Gasteiger partial charge is 0.00173 e. The standard InChI is InChI=1S/C14H17N/c1-2-6-14-12(5-1)9-13(14)8-11-4-3-7-15-10-11/h1-2,5-6,9,11,15H,3-4,7-8,10H2. The number of nitrogens with one attached hydrogen (secondary N) is 1. The quantitative estimate of drug-likeness (QED) is 0.772. The topological polar surface area (TPSA) is 12.0 Å². The first-order chi connectivity index (χ1) is 7.43. The molecule has 0 saturated carbocycles. The van der Waals surface area contributed by atoms with Crippen molar-refractivity contribution in [3.8, 4) is 0 Å². The summed E-state index contributed by atoms with van der Waals surface area (Å²) in [5.74, 6) is 0.860. The van der Waals surface area contributed by atoms with Gasteiger partial charge in [0.05, 0.1) is 0 Å². The zero-order valence-electron chi connectivity index (χ0n) is 9.00. The molecule has 1 aliphatic carbocycles. The number of fused-ring (bicyclic) bond motifs is 1. The van der Waals surface area contributed by atoms with Crippen molar-refractivity contribution in [2.75, 3.05) is 13.1 Å². The van der Waals surface area contributed by atoms with Gasteiger partial charge in [0.1, 0.15) is 0 Å². The predicted molar refractivity (Wildman–Crippen MR) is 64.5 cm³/mol. The Bertz CT molecular complexity index is 386. The summed E-state index contributed by atoms with van der Waals surface area (Å²) in [6.07, 6.45) is 6.36. The third kappa shape index (κ3) is 1.72. The molecule has 1 aliphatic heterocycles. The van der Waals surface area contributed by atoms with Crippen LogP contribution < -0.4 is 5.32 Å². The van der Waals surface area contributed by atoms with Gasteiger partial charge in [0.2, 0.25) is 0 Å². The molecule has 1 N–H and O–H groups in total. The molecule has 2 aliphatic rings. The Morgan fingerprint density at radius 2 is 2.20 bits per heavy atom. The molecule has 3 rings (SSSR count). The highest BCUT2D eigenvalue weighted by atomic mass is 14.9. The van der Waals surface area contributed by atoms with Crippen LogP contribution in [0.3, 0.4) is 0 Å². The number of hydrogen-bond acceptors (Lipinski definition) is 1. The van der Waals surface area contributed by atoms with Crippen LogP contribution in [0.15, 0.2) is 24.3 Å². The van der Waals surface area contributed by atoms with Gasteiger partial charge in [0, 0.05) is 0 Å². The Morgan fingerprint density at radius 1 is 1.27 bits per heavy atom. The summed E-state index contributed by atoms with van der Waals surface area (Å²) in [6, 6.07) is 8.72. The van der Waals surface area contributed by atoms with Crippen molar-refractivity contribution in [2.24, 2.45) is 5.92 Å². The second kappa shape index (κ2) is 3.82. The van der Waals surface area contributed by atoms with E-state index in [0.29, 0.717) is 0 Å². The molecule has 0 radical (unpaired) electrons. The SMILES string of the molecule is C1=C(CC2CCCNC2)c2ccccc21. The van der Waals surface area contributed by atoms with Crippen molar-refractivity contribution in [1.82, 2.24) is 5.32 Å². The van der Waals surface area contributed by atoms with Crippen molar-refractivity contribution >= 4 is 11.6 Å². The Hall–Kier alpha value is -1.08. The summed E-state index contributed by atoms with van der Waals surface area (Å²) in [5, 5.41) is 3.49. The summed E-state index contributed by atoms with van der Waals surface area (Å²) in [6.45, 7) is 2.42. The fourth-order valence-electron chi connectivity index (χ4n) is 2.68. The molecule has 15 heavy (non-hydrogen) atoms. The lowest BCUT2D eigenvalue weighted by Gasteiger charge is -2.27. The predicted octanol–water partition coefficient (Wildman–Crippen LogP) is 2.93. The molecule has 1 saturated heterocycles. The van der Waals surface area contributed by atoms with Crippen LogP contribution in [0.25, 0.3) is 11.6 Å². The van der Waals surface area contributed by atoms with Crippen molar-refractivity contribution in [3.63, 3.8) is 0 Å². The Labute approximate surface area is 91.2 Å². The van der Waals surface area contributed by atoms with Crippen LogP contribution in [-0.2, 0) is 0 Å². The van der Waals surface area contributed by atoms with Crippen molar-refractivity contribution in [2.45, 2.75) is 19.3 Å². The molecule has 1 heteroatoms. The minimum absolute atomic E-state index is 0.860. The summed E-state index contributed by atoms with van der Waals surface area (Å²) in [5.41, 5.74) is 4.48. The largest absolute Gasteiger partial charge is 0.316 e. The van der Waals surface area contributed by atoms with Crippen LogP contribution in [0.2, 0.25) is 0 Å². The molecular weight excluding hydrogens is 182 g/mol. The summed E-state index contributed by atoms with van der Waals surface area (Å²) in [4.78, 5) is 0. The normalized spacial score (nSPS) is 24.0. The van der Waals surface area contributed by atoms with E-state index in [-0.39, 0.29) is 0 Å². The van der Waals surface area contributed by atoms with E-state index < -0.39 is 0 Å². The van der Waals surface area contributed by atoms with Gasteiger partial charge in [-0.15, -0.1) is 0 Å². The maximum absolute atomic E-state index is 3.49. The van der Waals surface area contributed by atoms with Gasteiger partial charge in [0.25, 0.3) is 0 Å². The van der Waals surface area contributed by atoms with Crippen LogP contribution in [0, 0.1) is 5.92 Å². The Balaban J connectivity index is 1.66. The summed E-state index contributed by atoms with van der Waals surface area (Å²) < 4.78 is 0. The number of rotatable bonds is 2. The van der Waals surface area contributed by atoms with Gasteiger partial charge >= 0.3 is 0 Å². The van der Waals surface area contributed by atoms with Gasteiger partial charge in [-0.05, 0) is 55.0 Å². The maximum atomic E-state index is 3.49. The molecule has 1 nitrogen and oxygen atoms in total. The lowest BCUT2D eigenvalue weighted by molar-refractivity contribution is 0.384. The van der Waals surface area contributed by atoms with Gasteiger partial charge in [-0.1, -0.05) is 30.3 Å². The molecule has 0 amide bonds. The third-order valence-corrected chi connectivity index (χ3v) is 3.54. The van der Waals surface area contributed by atoms with E-state index in [2.05, 4.69) is 35.7 Å². The molecule has 1 heterocycles. The first-order valence-electron chi connectivity index (χ1n) is 5.94. The van der Waals surface area contributed by atoms with E-state index in [1.165, 1.54) is 43.5 Å². The zero-order chi connectivity index (χ0) is 10.1. The molecule has 0 spiro atoms. The van der Waals surface area contributed by atoms with E-state index in [1.54, 1.807) is 5.57 Å². The number of hydrogen-bond donors (Lipinski definition) is 1. The molecule has 1 unspecified atom stereocenters. The highest BCUT2D eigenvalue weighted by molar-refractivity contribution is 5.95. The lowest BCUT2D eigenvalue weighted by Crippen LogP contribution is -2.30. The fourth-order valence-corrected chi connectivity index (χ4v) is 2.68. The van der Waals surface area contributed by atoms with Gasteiger partial charge < -0.3 is 5.32 Å². The second-order valence-corrected chi connectivity index (χ2v) is 4.67. The van der Waals surface area contributed by atoms with Crippen molar-refractivity contribution in [1.29, 1.82) is 0 Å². The third-order valence-electron chi connectivity index (χ3n) is 3.54. The van der Waals surface area contributed by atoms with Crippen LogP contribution >= 0.6 is 0 Å². The summed E-state index contributed by atoms with van der Waals surface area (Å²) in [7, 11) is 0. The van der Waals surface area contributed by atoms with E-state index in [1.807, 2.05) is 0 Å². The molecule has 1 aromatic carbocycles.